The Labute approximate surface area is 168 Å². The van der Waals surface area contributed by atoms with E-state index in [1.54, 1.807) is 12.1 Å². The summed E-state index contributed by atoms with van der Waals surface area (Å²) in [5.41, 5.74) is 1.30. The minimum Gasteiger partial charge on any atom is -0.466 e. The molecular formula is C24H31NO3. The molecule has 0 aliphatic heterocycles. The molecule has 0 spiro atoms. The highest BCUT2D eigenvalue weighted by molar-refractivity contribution is 5.89. The zero-order valence-corrected chi connectivity index (χ0v) is 17.1. The Balaban J connectivity index is 2.06. The van der Waals surface area contributed by atoms with Gasteiger partial charge >= 0.3 is 5.97 Å². The van der Waals surface area contributed by atoms with Crippen molar-refractivity contribution < 1.29 is 14.3 Å². The number of carbonyl (C=O) groups excluding carboxylic acids is 1. The first-order chi connectivity index (χ1) is 13.6. The van der Waals surface area contributed by atoms with E-state index in [9.17, 15) is 10.1 Å². The van der Waals surface area contributed by atoms with Gasteiger partial charge in [0.05, 0.1) is 18.7 Å². The second kappa shape index (κ2) is 11.5. The van der Waals surface area contributed by atoms with Gasteiger partial charge in [0.15, 0.2) is 0 Å². The first kappa shape index (κ1) is 21.9. The van der Waals surface area contributed by atoms with E-state index in [-0.39, 0.29) is 5.97 Å². The van der Waals surface area contributed by atoms with E-state index in [1.807, 2.05) is 30.4 Å². The number of unbranched alkanes of at least 4 members (excludes halogenated alkanes) is 6. The number of hydrogen-bond donors (Lipinski definition) is 0. The zero-order valence-electron chi connectivity index (χ0n) is 17.1. The molecule has 1 atom stereocenters. The Hall–Kier alpha value is -2.38. The number of rotatable bonds is 11. The number of methoxy groups -OCH3 is 1. The van der Waals surface area contributed by atoms with Crippen molar-refractivity contribution in [1.29, 1.82) is 5.26 Å². The van der Waals surface area contributed by atoms with Crippen LogP contribution in [0, 0.1) is 11.3 Å². The lowest BCUT2D eigenvalue weighted by Crippen LogP contribution is -2.32. The normalized spacial score (nSPS) is 18.4. The predicted molar refractivity (Wildman–Crippen MR) is 111 cm³/mol. The number of esters is 1. The number of ether oxygens (including phenoxy) is 2. The molecule has 4 heteroatoms. The lowest BCUT2D eigenvalue weighted by Gasteiger charge is -2.34. The summed E-state index contributed by atoms with van der Waals surface area (Å²) in [6, 6.07) is 9.61. The molecule has 150 valence electrons. The second-order valence-corrected chi connectivity index (χ2v) is 7.27. The zero-order chi connectivity index (χ0) is 20.2. The van der Waals surface area contributed by atoms with Gasteiger partial charge in [0, 0.05) is 18.6 Å². The van der Waals surface area contributed by atoms with Crippen molar-refractivity contribution in [3.63, 3.8) is 0 Å². The van der Waals surface area contributed by atoms with Crippen LogP contribution in [0.15, 0.2) is 48.1 Å². The number of benzene rings is 1. The van der Waals surface area contributed by atoms with Gasteiger partial charge in [-0.25, -0.2) is 4.79 Å². The SMILES string of the molecule is CCCCCCCCCOC1(c2cccc(C#N)c2)C=CC=C(C(=O)OC)C1. The van der Waals surface area contributed by atoms with Crippen LogP contribution in [0.5, 0.6) is 0 Å². The molecule has 2 rings (SSSR count). The molecule has 1 unspecified atom stereocenters. The van der Waals surface area contributed by atoms with Crippen LogP contribution in [0.1, 0.15) is 69.4 Å². The fourth-order valence-electron chi connectivity index (χ4n) is 3.54. The van der Waals surface area contributed by atoms with Crippen molar-refractivity contribution in [3.8, 4) is 6.07 Å². The molecular weight excluding hydrogens is 350 g/mol. The standard InChI is InChI=1S/C24H31NO3/c1-3-4-5-6-7-8-9-16-28-24(22-14-10-12-20(17-22)19-25)15-11-13-21(18-24)23(26)27-2/h10-15,17H,3-9,16,18H2,1-2H3. The highest BCUT2D eigenvalue weighted by Gasteiger charge is 2.35. The molecule has 0 saturated heterocycles. The van der Waals surface area contributed by atoms with E-state index in [4.69, 9.17) is 9.47 Å². The molecule has 0 radical (unpaired) electrons. The van der Waals surface area contributed by atoms with E-state index in [2.05, 4.69) is 13.0 Å². The maximum atomic E-state index is 12.1. The summed E-state index contributed by atoms with van der Waals surface area (Å²) >= 11 is 0. The van der Waals surface area contributed by atoms with Gasteiger partial charge in [0.1, 0.15) is 5.60 Å². The topological polar surface area (TPSA) is 59.3 Å². The summed E-state index contributed by atoms with van der Waals surface area (Å²) in [7, 11) is 1.39. The van der Waals surface area contributed by atoms with Gasteiger partial charge in [0.25, 0.3) is 0 Å². The molecule has 0 aromatic heterocycles. The first-order valence-electron chi connectivity index (χ1n) is 10.3. The van der Waals surface area contributed by atoms with E-state index in [0.29, 0.717) is 24.2 Å². The third-order valence-electron chi connectivity index (χ3n) is 5.15. The summed E-state index contributed by atoms with van der Waals surface area (Å²) in [4.78, 5) is 12.1. The van der Waals surface area contributed by atoms with Crippen LogP contribution in [-0.2, 0) is 19.9 Å². The Morgan fingerprint density at radius 2 is 1.93 bits per heavy atom. The Kier molecular flexibility index (Phi) is 8.97. The number of nitrogens with zero attached hydrogens (tertiary/aromatic N) is 1. The number of allylic oxidation sites excluding steroid dienone is 2. The van der Waals surface area contributed by atoms with Gasteiger partial charge in [-0.1, -0.05) is 69.7 Å². The van der Waals surface area contributed by atoms with Crippen LogP contribution in [0.3, 0.4) is 0 Å². The Morgan fingerprint density at radius 1 is 1.18 bits per heavy atom. The van der Waals surface area contributed by atoms with E-state index < -0.39 is 5.60 Å². The third kappa shape index (κ3) is 6.07. The van der Waals surface area contributed by atoms with Crippen LogP contribution in [0.2, 0.25) is 0 Å². The summed E-state index contributed by atoms with van der Waals surface area (Å²) < 4.78 is 11.3. The van der Waals surface area contributed by atoms with Gasteiger partial charge in [-0.3, -0.25) is 0 Å². The summed E-state index contributed by atoms with van der Waals surface area (Å²) in [5, 5.41) is 9.26. The number of carbonyl (C=O) groups is 1. The first-order valence-corrected chi connectivity index (χ1v) is 10.3. The van der Waals surface area contributed by atoms with E-state index in [0.717, 1.165) is 18.4 Å². The largest absolute Gasteiger partial charge is 0.466 e. The molecule has 0 amide bonds. The van der Waals surface area contributed by atoms with E-state index >= 15 is 0 Å². The third-order valence-corrected chi connectivity index (χ3v) is 5.15. The summed E-state index contributed by atoms with van der Waals surface area (Å²) in [6.07, 6.45) is 14.5. The fraction of sp³-hybridized carbons (Fsp3) is 0.500. The van der Waals surface area contributed by atoms with Crippen molar-refractivity contribution in [3.05, 3.63) is 59.2 Å². The molecule has 28 heavy (non-hydrogen) atoms. The Morgan fingerprint density at radius 3 is 2.64 bits per heavy atom. The quantitative estimate of drug-likeness (QED) is 0.371. The minimum atomic E-state index is -0.743. The van der Waals surface area contributed by atoms with Crippen molar-refractivity contribution in [1.82, 2.24) is 0 Å². The number of hydrogen-bond acceptors (Lipinski definition) is 4. The molecule has 1 aromatic carbocycles. The average molecular weight is 382 g/mol. The smallest absolute Gasteiger partial charge is 0.333 e. The maximum Gasteiger partial charge on any atom is 0.333 e. The average Bonchev–Trinajstić information content (AvgIpc) is 2.75. The highest BCUT2D eigenvalue weighted by atomic mass is 16.5. The molecule has 1 aliphatic carbocycles. The van der Waals surface area contributed by atoms with E-state index in [1.165, 1.54) is 39.2 Å². The van der Waals surface area contributed by atoms with Crippen LogP contribution in [0.25, 0.3) is 0 Å². The lowest BCUT2D eigenvalue weighted by molar-refractivity contribution is -0.137. The lowest BCUT2D eigenvalue weighted by atomic mass is 9.83. The molecule has 1 aliphatic rings. The van der Waals surface area contributed by atoms with Crippen LogP contribution >= 0.6 is 0 Å². The summed E-state index contributed by atoms with van der Waals surface area (Å²) in [6.45, 7) is 2.84. The molecule has 0 saturated carbocycles. The second-order valence-electron chi connectivity index (χ2n) is 7.27. The van der Waals surface area contributed by atoms with Crippen molar-refractivity contribution in [2.75, 3.05) is 13.7 Å². The molecule has 0 bridgehead atoms. The van der Waals surface area contributed by atoms with Crippen LogP contribution in [0.4, 0.5) is 0 Å². The van der Waals surface area contributed by atoms with Gasteiger partial charge in [-0.2, -0.15) is 5.26 Å². The molecule has 0 N–H and O–H groups in total. The Bertz CT molecular complexity index is 744. The maximum absolute atomic E-state index is 12.1. The fourth-order valence-corrected chi connectivity index (χ4v) is 3.54. The van der Waals surface area contributed by atoms with Crippen molar-refractivity contribution in [2.45, 2.75) is 63.9 Å². The predicted octanol–water partition coefficient (Wildman–Crippen LogP) is 5.58. The number of nitriles is 1. The van der Waals surface area contributed by atoms with Gasteiger partial charge in [0.2, 0.25) is 0 Å². The molecule has 1 aromatic rings. The molecule has 0 heterocycles. The molecule has 0 fully saturated rings. The highest BCUT2D eigenvalue weighted by Crippen LogP contribution is 2.38. The van der Waals surface area contributed by atoms with Gasteiger partial charge in [-0.15, -0.1) is 0 Å². The summed E-state index contributed by atoms with van der Waals surface area (Å²) in [5.74, 6) is -0.343. The molecule has 4 nitrogen and oxygen atoms in total. The van der Waals surface area contributed by atoms with Gasteiger partial charge < -0.3 is 9.47 Å². The van der Waals surface area contributed by atoms with Crippen molar-refractivity contribution in [2.24, 2.45) is 0 Å². The minimum absolute atomic E-state index is 0.343. The van der Waals surface area contributed by atoms with Crippen molar-refractivity contribution >= 4 is 5.97 Å². The van der Waals surface area contributed by atoms with Gasteiger partial charge in [-0.05, 0) is 30.2 Å². The monoisotopic (exact) mass is 381 g/mol. The van der Waals surface area contributed by atoms with Crippen LogP contribution in [-0.4, -0.2) is 19.7 Å². The van der Waals surface area contributed by atoms with Crippen LogP contribution < -0.4 is 0 Å².